The van der Waals surface area contributed by atoms with Crippen LogP contribution in [0.5, 0.6) is 11.6 Å². The molecule has 0 atom stereocenters. The molecular weight excluding hydrogens is 423 g/mol. The molecule has 0 radical (unpaired) electrons. The van der Waals surface area contributed by atoms with Crippen LogP contribution < -0.4 is 4.74 Å². The van der Waals surface area contributed by atoms with Gasteiger partial charge in [-0.2, -0.15) is 0 Å². The minimum absolute atomic E-state index is 0.0319. The van der Waals surface area contributed by atoms with Crippen molar-refractivity contribution in [2.45, 2.75) is 19.8 Å². The van der Waals surface area contributed by atoms with Crippen LogP contribution in [0.4, 0.5) is 13.2 Å². The van der Waals surface area contributed by atoms with Gasteiger partial charge in [-0.05, 0) is 49.4 Å². The van der Waals surface area contributed by atoms with Crippen LogP contribution >= 0.6 is 0 Å². The third kappa shape index (κ3) is 4.67. The molecule has 0 bridgehead atoms. The van der Waals surface area contributed by atoms with Gasteiger partial charge in [-0.1, -0.05) is 12.1 Å². The number of alkyl halides is 3. The topological polar surface area (TPSA) is 57.9 Å². The predicted molar refractivity (Wildman–Crippen MR) is 114 cm³/mol. The molecule has 1 fully saturated rings. The minimum Gasteiger partial charge on any atom is -0.494 e. The van der Waals surface area contributed by atoms with Crippen molar-refractivity contribution in [3.05, 3.63) is 59.3 Å². The molecule has 0 spiro atoms. The lowest BCUT2D eigenvalue weighted by Gasteiger charge is -2.32. The number of nitrogens with zero attached hydrogens (tertiary/aromatic N) is 3. The van der Waals surface area contributed by atoms with E-state index in [1.54, 1.807) is 22.9 Å². The number of aromatic hydroxyl groups is 1. The summed E-state index contributed by atoms with van der Waals surface area (Å²) in [6.07, 6.45) is -2.99. The molecule has 2 aromatic carbocycles. The minimum atomic E-state index is -4.74. The van der Waals surface area contributed by atoms with Crippen LogP contribution in [0.1, 0.15) is 21.5 Å². The Labute approximate surface area is 183 Å². The number of piperazine rings is 1. The Bertz CT molecular complexity index is 1130. The van der Waals surface area contributed by atoms with Gasteiger partial charge in [-0.3, -0.25) is 4.79 Å². The highest BCUT2D eigenvalue weighted by molar-refractivity contribution is 6.01. The van der Waals surface area contributed by atoms with Gasteiger partial charge in [0.05, 0.1) is 6.54 Å². The van der Waals surface area contributed by atoms with Gasteiger partial charge in [-0.25, -0.2) is 0 Å². The first-order valence-corrected chi connectivity index (χ1v) is 10.3. The summed E-state index contributed by atoms with van der Waals surface area (Å²) in [5.41, 5.74) is 2.05. The summed E-state index contributed by atoms with van der Waals surface area (Å²) < 4.78 is 42.5. The average molecular weight is 447 g/mol. The smallest absolute Gasteiger partial charge is 0.494 e. The summed E-state index contributed by atoms with van der Waals surface area (Å²) in [4.78, 5) is 17.0. The Morgan fingerprint density at radius 1 is 1.09 bits per heavy atom. The van der Waals surface area contributed by atoms with Crippen molar-refractivity contribution in [2.75, 3.05) is 33.2 Å². The number of aryl methyl sites for hydroxylation is 1. The Hall–Kier alpha value is -3.20. The Morgan fingerprint density at radius 3 is 2.38 bits per heavy atom. The zero-order valence-electron chi connectivity index (χ0n) is 17.8. The van der Waals surface area contributed by atoms with E-state index in [9.17, 15) is 23.1 Å². The summed E-state index contributed by atoms with van der Waals surface area (Å²) >= 11 is 0. The van der Waals surface area contributed by atoms with Crippen molar-refractivity contribution in [2.24, 2.45) is 0 Å². The highest BCUT2D eigenvalue weighted by Crippen LogP contribution is 2.32. The molecule has 0 unspecified atom stereocenters. The second-order valence-corrected chi connectivity index (χ2v) is 8.13. The van der Waals surface area contributed by atoms with Crippen molar-refractivity contribution in [3.8, 4) is 11.6 Å². The van der Waals surface area contributed by atoms with E-state index in [-0.39, 0.29) is 24.1 Å². The maximum atomic E-state index is 13.0. The summed E-state index contributed by atoms with van der Waals surface area (Å²) in [5.74, 6) is -0.284. The number of carbonyl (C=O) groups excluding carboxylic acids is 1. The molecule has 1 saturated heterocycles. The fourth-order valence-electron chi connectivity index (χ4n) is 4.02. The quantitative estimate of drug-likeness (QED) is 0.657. The molecule has 0 saturated carbocycles. The Balaban J connectivity index is 1.57. The number of likely N-dealkylation sites (N-methyl/N-ethyl adjacent to an activating group) is 1. The first-order valence-electron chi connectivity index (χ1n) is 10.3. The van der Waals surface area contributed by atoms with Gasteiger partial charge in [0.15, 0.2) is 5.88 Å². The third-order valence-electron chi connectivity index (χ3n) is 5.70. The van der Waals surface area contributed by atoms with Gasteiger partial charge in [0.25, 0.3) is 5.91 Å². The molecule has 1 aliphatic rings. The fraction of sp³-hybridized carbons (Fsp3) is 0.348. The van der Waals surface area contributed by atoms with E-state index in [1.165, 1.54) is 24.3 Å². The number of amides is 1. The lowest BCUT2D eigenvalue weighted by Crippen LogP contribution is -2.47. The number of benzene rings is 2. The zero-order valence-corrected chi connectivity index (χ0v) is 17.8. The first-order chi connectivity index (χ1) is 15.1. The van der Waals surface area contributed by atoms with Crippen LogP contribution in [0.15, 0.2) is 42.6 Å². The summed E-state index contributed by atoms with van der Waals surface area (Å²) in [6, 6.07) is 9.07. The SMILES string of the molecule is Cc1cc(C(=O)N2CCN(C)CC2)cc2cn(Cc3ccc(OC(F)(F)F)cc3)c(O)c12. The van der Waals surface area contributed by atoms with E-state index in [0.29, 0.717) is 29.6 Å². The zero-order chi connectivity index (χ0) is 23.0. The highest BCUT2D eigenvalue weighted by Gasteiger charge is 2.31. The maximum Gasteiger partial charge on any atom is 0.573 e. The number of carbonyl (C=O) groups is 1. The monoisotopic (exact) mass is 447 g/mol. The van der Waals surface area contributed by atoms with Crippen LogP contribution in [-0.4, -0.2) is 65.0 Å². The molecule has 2 heterocycles. The van der Waals surface area contributed by atoms with E-state index in [2.05, 4.69) is 9.64 Å². The van der Waals surface area contributed by atoms with Crippen molar-refractivity contribution >= 4 is 16.7 Å². The number of halogens is 3. The first kappa shape index (κ1) is 22.0. The molecule has 1 aliphatic heterocycles. The number of rotatable bonds is 4. The van der Waals surface area contributed by atoms with Crippen molar-refractivity contribution in [3.63, 3.8) is 0 Å². The van der Waals surface area contributed by atoms with Crippen LogP contribution in [0.25, 0.3) is 10.8 Å². The van der Waals surface area contributed by atoms with Crippen LogP contribution in [0.2, 0.25) is 0 Å². The van der Waals surface area contributed by atoms with Crippen molar-refractivity contribution in [1.29, 1.82) is 0 Å². The molecule has 1 amide bonds. The molecule has 6 nitrogen and oxygen atoms in total. The molecule has 9 heteroatoms. The molecule has 4 rings (SSSR count). The number of aromatic nitrogens is 1. The normalized spacial score (nSPS) is 15.3. The van der Waals surface area contributed by atoms with Gasteiger partial charge in [0.1, 0.15) is 5.75 Å². The van der Waals surface area contributed by atoms with Crippen molar-refractivity contribution < 1.29 is 27.8 Å². The van der Waals surface area contributed by atoms with E-state index >= 15 is 0 Å². The molecule has 1 aromatic heterocycles. The molecule has 0 aliphatic carbocycles. The lowest BCUT2D eigenvalue weighted by molar-refractivity contribution is -0.274. The van der Waals surface area contributed by atoms with E-state index < -0.39 is 6.36 Å². The molecule has 32 heavy (non-hydrogen) atoms. The van der Waals surface area contributed by atoms with Gasteiger partial charge >= 0.3 is 6.36 Å². The standard InChI is InChI=1S/C23H24F3N3O3/c1-15-11-17(21(30)28-9-7-27(2)8-10-28)12-18-14-29(22(31)20(15)18)13-16-3-5-19(6-4-16)32-23(24,25)26/h3-6,11-12,14,31H,7-10,13H2,1-2H3. The van der Waals surface area contributed by atoms with Gasteiger partial charge in [0.2, 0.25) is 0 Å². The van der Waals surface area contributed by atoms with Gasteiger partial charge in [0, 0.05) is 48.7 Å². The Kier molecular flexibility index (Phi) is 5.77. The molecular formula is C23H24F3N3O3. The van der Waals surface area contributed by atoms with Crippen LogP contribution in [0.3, 0.4) is 0 Å². The number of hydrogen-bond acceptors (Lipinski definition) is 4. The Morgan fingerprint density at radius 2 is 1.75 bits per heavy atom. The van der Waals surface area contributed by atoms with Gasteiger partial charge < -0.3 is 24.2 Å². The molecule has 1 N–H and O–H groups in total. The lowest BCUT2D eigenvalue weighted by atomic mass is 10.0. The highest BCUT2D eigenvalue weighted by atomic mass is 19.4. The number of hydrogen-bond donors (Lipinski definition) is 1. The summed E-state index contributed by atoms with van der Waals surface area (Å²) in [7, 11) is 2.03. The second kappa shape index (κ2) is 8.38. The second-order valence-electron chi connectivity index (χ2n) is 8.13. The van der Waals surface area contributed by atoms with E-state index in [4.69, 9.17) is 0 Å². The van der Waals surface area contributed by atoms with E-state index in [0.717, 1.165) is 24.0 Å². The molecule has 3 aromatic rings. The van der Waals surface area contributed by atoms with Crippen molar-refractivity contribution in [1.82, 2.24) is 14.4 Å². The fourth-order valence-corrected chi connectivity index (χ4v) is 4.02. The summed E-state index contributed by atoms with van der Waals surface area (Å²) in [6.45, 7) is 5.11. The van der Waals surface area contributed by atoms with Crippen LogP contribution in [-0.2, 0) is 6.54 Å². The number of ether oxygens (including phenoxy) is 1. The average Bonchev–Trinajstić information content (AvgIpc) is 3.04. The van der Waals surface area contributed by atoms with Crippen LogP contribution in [0, 0.1) is 6.92 Å². The van der Waals surface area contributed by atoms with E-state index in [1.807, 2.05) is 18.9 Å². The maximum absolute atomic E-state index is 13.0. The third-order valence-corrected chi connectivity index (χ3v) is 5.70. The predicted octanol–water partition coefficient (Wildman–Crippen LogP) is 3.99. The summed E-state index contributed by atoms with van der Waals surface area (Å²) in [5, 5.41) is 12.1. The van der Waals surface area contributed by atoms with Gasteiger partial charge in [-0.15, -0.1) is 13.2 Å². The number of fused-ring (bicyclic) bond motifs is 1. The molecule has 170 valence electrons. The largest absolute Gasteiger partial charge is 0.573 e.